The molecule has 2 aromatic carbocycles. The van der Waals surface area contributed by atoms with Crippen molar-refractivity contribution in [2.75, 3.05) is 11.9 Å². The number of hydrogen-bond donors (Lipinski definition) is 3. The number of nitrogens with one attached hydrogen (secondary N) is 3. The van der Waals surface area contributed by atoms with Crippen molar-refractivity contribution in [2.24, 2.45) is 11.3 Å². The lowest BCUT2D eigenvalue weighted by Gasteiger charge is -2.50. The summed E-state index contributed by atoms with van der Waals surface area (Å²) in [6.45, 7) is 9.16. The van der Waals surface area contributed by atoms with E-state index in [-0.39, 0.29) is 40.0 Å². The monoisotopic (exact) mass is 615 g/mol. The summed E-state index contributed by atoms with van der Waals surface area (Å²) in [6.07, 6.45) is 4.82. The van der Waals surface area contributed by atoms with Gasteiger partial charge in [-0.15, -0.1) is 0 Å². The zero-order valence-electron chi connectivity index (χ0n) is 24.7. The van der Waals surface area contributed by atoms with E-state index in [0.717, 1.165) is 31.2 Å². The molecule has 2 aromatic rings. The maximum atomic E-state index is 16.1. The molecular weight excluding hydrogens is 576 g/mol. The number of halogens is 3. The Bertz CT molecular complexity index is 1400. The molecule has 9 heteroatoms. The second-order valence-electron chi connectivity index (χ2n) is 13.8. The average Bonchev–Trinajstić information content (AvgIpc) is 3.40. The summed E-state index contributed by atoms with van der Waals surface area (Å²) in [6, 6.07) is 9.19. The zero-order valence-corrected chi connectivity index (χ0v) is 26.2. The lowest BCUT2D eigenvalue weighted by Crippen LogP contribution is -2.61. The third-order valence-electron chi connectivity index (χ3n) is 10.5. The van der Waals surface area contributed by atoms with Crippen LogP contribution in [0.4, 0.5) is 10.1 Å². The molecule has 2 spiro atoms. The minimum atomic E-state index is -1.26. The van der Waals surface area contributed by atoms with Crippen LogP contribution in [0.2, 0.25) is 10.0 Å². The topological polar surface area (TPSA) is 79.5 Å². The van der Waals surface area contributed by atoms with Crippen molar-refractivity contribution in [3.63, 3.8) is 0 Å². The van der Waals surface area contributed by atoms with E-state index in [9.17, 15) is 9.59 Å². The molecule has 6 rings (SSSR count). The van der Waals surface area contributed by atoms with Gasteiger partial charge in [0.25, 0.3) is 0 Å². The van der Waals surface area contributed by atoms with Crippen LogP contribution in [-0.4, -0.2) is 42.1 Å². The Hall–Kier alpha value is -2.19. The fourth-order valence-corrected chi connectivity index (χ4v) is 8.47. The van der Waals surface area contributed by atoms with Crippen LogP contribution in [0.15, 0.2) is 36.4 Å². The van der Waals surface area contributed by atoms with Gasteiger partial charge in [-0.25, -0.2) is 4.39 Å². The highest BCUT2D eigenvalue weighted by atomic mass is 35.5. The highest BCUT2D eigenvalue weighted by molar-refractivity contribution is 6.31. The van der Waals surface area contributed by atoms with E-state index in [0.29, 0.717) is 36.1 Å². The molecule has 0 radical (unpaired) electrons. The zero-order chi connectivity index (χ0) is 30.0. The van der Waals surface area contributed by atoms with Crippen molar-refractivity contribution >= 4 is 40.7 Å². The molecular formula is C33H40Cl2FN3O3. The number of rotatable bonds is 4. The number of benzene rings is 2. The van der Waals surface area contributed by atoms with E-state index in [1.54, 1.807) is 24.3 Å². The molecule has 3 heterocycles. The summed E-state index contributed by atoms with van der Waals surface area (Å²) in [5.74, 6) is -1.56. The summed E-state index contributed by atoms with van der Waals surface area (Å²) in [5, 5.41) is 10.5. The number of carbonyl (C=O) groups is 2. The van der Waals surface area contributed by atoms with E-state index in [4.69, 9.17) is 27.9 Å². The van der Waals surface area contributed by atoms with Gasteiger partial charge in [0.1, 0.15) is 11.2 Å². The van der Waals surface area contributed by atoms with E-state index in [2.05, 4.69) is 43.6 Å². The first-order valence-corrected chi connectivity index (χ1v) is 15.9. The van der Waals surface area contributed by atoms with Crippen LogP contribution in [0, 0.1) is 17.2 Å². The van der Waals surface area contributed by atoms with E-state index in [1.165, 1.54) is 6.07 Å². The highest BCUT2D eigenvalue weighted by Gasteiger charge is 2.73. The first kappa shape index (κ1) is 29.9. The molecule has 226 valence electrons. The van der Waals surface area contributed by atoms with Gasteiger partial charge in [-0.05, 0) is 79.2 Å². The normalized spacial score (nSPS) is 31.4. The number of fused-ring (bicyclic) bond motifs is 3. The van der Waals surface area contributed by atoms with Crippen molar-refractivity contribution in [2.45, 2.75) is 101 Å². The van der Waals surface area contributed by atoms with Crippen molar-refractivity contribution in [1.82, 2.24) is 10.6 Å². The van der Waals surface area contributed by atoms with Gasteiger partial charge in [0.2, 0.25) is 11.8 Å². The second kappa shape index (κ2) is 10.8. The van der Waals surface area contributed by atoms with Gasteiger partial charge < -0.3 is 15.4 Å². The average molecular weight is 617 g/mol. The van der Waals surface area contributed by atoms with Gasteiger partial charge in [0.15, 0.2) is 0 Å². The molecule has 3 N–H and O–H groups in total. The van der Waals surface area contributed by atoms with Crippen LogP contribution >= 0.6 is 23.2 Å². The third-order valence-corrected chi connectivity index (χ3v) is 11.0. The maximum Gasteiger partial charge on any atom is 0.238 e. The standard InChI is InChI=1S/C33H40Cl2FN3O3/c1-18(2)25-11-9-20(17-42-25)37-29(40)28-26(21-6-5-7-23(35)27(21)36)33(32(39-28)14-12-31(3,4)13-15-32)22-10-8-19(34)16-24(22)38-30(33)41/h5-8,10,16,18,20,25-26,28,39H,9,11-15,17H2,1-4H3,(H,37,40)(H,38,41)/t20-,25+,26+,28-,33-/m1/s1. The van der Waals surface area contributed by atoms with Gasteiger partial charge in [0.05, 0.1) is 29.8 Å². The van der Waals surface area contributed by atoms with Crippen LogP contribution in [0.5, 0.6) is 0 Å². The van der Waals surface area contributed by atoms with Crippen molar-refractivity contribution in [3.8, 4) is 0 Å². The largest absolute Gasteiger partial charge is 0.376 e. The van der Waals surface area contributed by atoms with Crippen molar-refractivity contribution in [1.29, 1.82) is 0 Å². The third kappa shape index (κ3) is 4.66. The molecule has 0 aromatic heterocycles. The summed E-state index contributed by atoms with van der Waals surface area (Å²) >= 11 is 12.7. The van der Waals surface area contributed by atoms with Gasteiger partial charge >= 0.3 is 0 Å². The molecule has 1 saturated carbocycles. The van der Waals surface area contributed by atoms with Crippen molar-refractivity contribution in [3.05, 3.63) is 63.4 Å². The molecule has 2 amide bonds. The molecule has 4 aliphatic rings. The second-order valence-corrected chi connectivity index (χ2v) is 14.7. The predicted molar refractivity (Wildman–Crippen MR) is 164 cm³/mol. The lowest BCUT2D eigenvalue weighted by molar-refractivity contribution is -0.126. The Morgan fingerprint density at radius 1 is 1.10 bits per heavy atom. The predicted octanol–water partition coefficient (Wildman–Crippen LogP) is 6.74. The SMILES string of the molecule is CC(C)[C@@H]1CC[C@@H](NC(=O)[C@@H]2NC3(CCC(C)(C)CC3)[C@@]3(C(=O)Nc4cc(Cl)ccc43)[C@H]2c2cccc(Cl)c2F)CO1. The summed E-state index contributed by atoms with van der Waals surface area (Å²) < 4.78 is 22.2. The van der Waals surface area contributed by atoms with E-state index in [1.807, 2.05) is 6.07 Å². The van der Waals surface area contributed by atoms with Crippen molar-refractivity contribution < 1.29 is 18.7 Å². The van der Waals surface area contributed by atoms with Crippen LogP contribution in [0.25, 0.3) is 0 Å². The smallest absolute Gasteiger partial charge is 0.238 e. The molecule has 42 heavy (non-hydrogen) atoms. The molecule has 0 unspecified atom stereocenters. The fraction of sp³-hybridized carbons (Fsp3) is 0.576. The first-order chi connectivity index (χ1) is 19.9. The molecule has 3 aliphatic heterocycles. The summed E-state index contributed by atoms with van der Waals surface area (Å²) in [7, 11) is 0. The van der Waals surface area contributed by atoms with Gasteiger partial charge in [-0.1, -0.05) is 69.1 Å². The van der Waals surface area contributed by atoms with Crippen LogP contribution < -0.4 is 16.0 Å². The molecule has 5 atom stereocenters. The van der Waals surface area contributed by atoms with E-state index >= 15 is 4.39 Å². The minimum Gasteiger partial charge on any atom is -0.376 e. The number of hydrogen-bond acceptors (Lipinski definition) is 4. The fourth-order valence-electron chi connectivity index (χ4n) is 8.12. The first-order valence-electron chi connectivity index (χ1n) is 15.1. The lowest BCUT2D eigenvalue weighted by atomic mass is 9.53. The van der Waals surface area contributed by atoms with E-state index < -0.39 is 28.7 Å². The van der Waals surface area contributed by atoms with Gasteiger partial charge in [-0.3, -0.25) is 14.9 Å². The van der Waals surface area contributed by atoms with Gasteiger partial charge in [0, 0.05) is 22.2 Å². The minimum absolute atomic E-state index is 0.0392. The Morgan fingerprint density at radius 2 is 1.83 bits per heavy atom. The highest BCUT2D eigenvalue weighted by Crippen LogP contribution is 2.64. The Morgan fingerprint density at radius 3 is 2.50 bits per heavy atom. The Balaban J connectivity index is 1.49. The van der Waals surface area contributed by atoms with Crippen LogP contribution in [0.3, 0.4) is 0 Å². The molecule has 2 saturated heterocycles. The number of anilines is 1. The summed E-state index contributed by atoms with van der Waals surface area (Å²) in [4.78, 5) is 28.9. The quantitative estimate of drug-likeness (QED) is 0.356. The van der Waals surface area contributed by atoms with Crippen LogP contribution in [0.1, 0.15) is 83.3 Å². The Labute approximate surface area is 257 Å². The molecule has 6 nitrogen and oxygen atoms in total. The van der Waals surface area contributed by atoms with Crippen LogP contribution in [-0.2, 0) is 19.7 Å². The van der Waals surface area contributed by atoms with Gasteiger partial charge in [-0.2, -0.15) is 0 Å². The molecule has 0 bridgehead atoms. The maximum absolute atomic E-state index is 16.1. The molecule has 3 fully saturated rings. The number of ether oxygens (including phenoxy) is 1. The Kier molecular flexibility index (Phi) is 7.65. The number of carbonyl (C=O) groups excluding carboxylic acids is 2. The summed E-state index contributed by atoms with van der Waals surface area (Å²) in [5.41, 5.74) is -0.372. The number of amides is 2. The molecule has 1 aliphatic carbocycles.